The lowest BCUT2D eigenvalue weighted by molar-refractivity contribution is -0.145. The average molecular weight is 526 g/mol. The van der Waals surface area contributed by atoms with Gasteiger partial charge < -0.3 is 13.7 Å². The molecule has 9 nitrogen and oxygen atoms in total. The third-order valence-corrected chi connectivity index (χ3v) is 6.74. The van der Waals surface area contributed by atoms with Gasteiger partial charge >= 0.3 is 16.1 Å². The van der Waals surface area contributed by atoms with Gasteiger partial charge in [0.25, 0.3) is 11.1 Å². The summed E-state index contributed by atoms with van der Waals surface area (Å²) >= 11 is 6.49. The second kappa shape index (κ2) is 10.9. The number of rotatable bonds is 9. The minimum absolute atomic E-state index is 0.0515. The third kappa shape index (κ3) is 6.10. The molecule has 180 valence electrons. The molecule has 1 aliphatic rings. The van der Waals surface area contributed by atoms with Gasteiger partial charge in [0.05, 0.1) is 18.1 Å². The van der Waals surface area contributed by atoms with Crippen molar-refractivity contribution in [1.29, 1.82) is 0 Å². The number of carbonyl (C=O) groups excluding carboxylic acids is 3. The van der Waals surface area contributed by atoms with Crippen LogP contribution in [-0.2, 0) is 24.4 Å². The third-order valence-electron chi connectivity index (χ3n) is 4.33. The Labute approximate surface area is 205 Å². The van der Waals surface area contributed by atoms with Crippen LogP contribution in [0, 0.1) is 0 Å². The summed E-state index contributed by atoms with van der Waals surface area (Å²) in [5.41, 5.74) is 0.460. The van der Waals surface area contributed by atoms with Crippen LogP contribution in [0.4, 0.5) is 4.79 Å². The number of amides is 2. The Morgan fingerprint density at radius 3 is 2.41 bits per heavy atom. The lowest BCUT2D eigenvalue weighted by atomic mass is 10.2. The number of benzene rings is 2. The molecule has 0 aliphatic carbocycles. The maximum atomic E-state index is 12.6. The van der Waals surface area contributed by atoms with E-state index in [0.29, 0.717) is 22.3 Å². The summed E-state index contributed by atoms with van der Waals surface area (Å²) in [5, 5.41) is -0.215. The number of hydrogen-bond acceptors (Lipinski definition) is 9. The molecule has 2 aromatic carbocycles. The van der Waals surface area contributed by atoms with E-state index in [-0.39, 0.29) is 34.5 Å². The first kappa shape index (κ1) is 25.6. The molecule has 0 saturated carbocycles. The van der Waals surface area contributed by atoms with Crippen LogP contribution in [0.1, 0.15) is 19.4 Å². The minimum Gasteiger partial charge on any atom is -0.490 e. The number of halogens is 1. The molecule has 2 amide bonds. The number of carbonyl (C=O) groups is 3. The minimum atomic E-state index is -4.15. The van der Waals surface area contributed by atoms with E-state index in [9.17, 15) is 22.8 Å². The van der Waals surface area contributed by atoms with E-state index in [1.165, 1.54) is 48.5 Å². The van der Waals surface area contributed by atoms with Crippen molar-refractivity contribution < 1.29 is 36.5 Å². The normalized spacial score (nSPS) is 15.0. The molecule has 0 bridgehead atoms. The van der Waals surface area contributed by atoms with Gasteiger partial charge in [-0.1, -0.05) is 17.7 Å². The highest BCUT2D eigenvalue weighted by Gasteiger charge is 2.36. The SMILES string of the molecule is CCOC(=O)CN1C(=O)S/C(=C\c2ccc(OS(=O)(=O)c3ccc(Cl)cc3)c(OCC)c2)C1=O. The van der Waals surface area contributed by atoms with Crippen LogP contribution < -0.4 is 8.92 Å². The molecule has 0 N–H and O–H groups in total. The average Bonchev–Trinajstić information content (AvgIpc) is 3.03. The number of thioether (sulfide) groups is 1. The van der Waals surface area contributed by atoms with E-state index in [2.05, 4.69) is 0 Å². The van der Waals surface area contributed by atoms with Crippen LogP contribution in [0.15, 0.2) is 52.3 Å². The molecule has 2 aromatic rings. The van der Waals surface area contributed by atoms with Crippen LogP contribution in [-0.4, -0.2) is 50.2 Å². The molecule has 3 rings (SSSR count). The second-order valence-corrected chi connectivity index (χ2v) is 9.68. The summed E-state index contributed by atoms with van der Waals surface area (Å²) in [5.74, 6) is -1.25. The smallest absolute Gasteiger partial charge is 0.339 e. The molecule has 12 heteroatoms. The van der Waals surface area contributed by atoms with Crippen LogP contribution in [0.5, 0.6) is 11.5 Å². The largest absolute Gasteiger partial charge is 0.490 e. The van der Waals surface area contributed by atoms with E-state index in [4.69, 9.17) is 25.3 Å². The van der Waals surface area contributed by atoms with Gasteiger partial charge in [0.1, 0.15) is 11.4 Å². The van der Waals surface area contributed by atoms with Gasteiger partial charge in [-0.25, -0.2) is 0 Å². The van der Waals surface area contributed by atoms with Gasteiger partial charge in [0, 0.05) is 5.02 Å². The van der Waals surface area contributed by atoms with Gasteiger partial charge in [-0.3, -0.25) is 19.3 Å². The first-order valence-corrected chi connectivity index (χ1v) is 12.6. The molecule has 1 aliphatic heterocycles. The second-order valence-electron chi connectivity index (χ2n) is 6.70. The predicted octanol–water partition coefficient (Wildman–Crippen LogP) is 4.11. The van der Waals surface area contributed by atoms with Crippen LogP contribution >= 0.6 is 23.4 Å². The van der Waals surface area contributed by atoms with Gasteiger partial charge in [-0.2, -0.15) is 8.42 Å². The first-order chi connectivity index (χ1) is 16.1. The van der Waals surface area contributed by atoms with E-state index < -0.39 is 33.8 Å². The van der Waals surface area contributed by atoms with Gasteiger partial charge in [0.15, 0.2) is 11.5 Å². The van der Waals surface area contributed by atoms with Gasteiger partial charge in [0.2, 0.25) is 0 Å². The van der Waals surface area contributed by atoms with Crippen molar-refractivity contribution >= 4 is 56.7 Å². The van der Waals surface area contributed by atoms with Crippen LogP contribution in [0.3, 0.4) is 0 Å². The van der Waals surface area contributed by atoms with E-state index in [1.54, 1.807) is 13.8 Å². The Hall–Kier alpha value is -3.02. The number of esters is 1. The molecular formula is C22H20ClNO8S2. The summed E-state index contributed by atoms with van der Waals surface area (Å²) in [6.45, 7) is 3.21. The highest BCUT2D eigenvalue weighted by molar-refractivity contribution is 8.18. The number of imide groups is 1. The molecule has 1 heterocycles. The molecule has 0 atom stereocenters. The topological polar surface area (TPSA) is 116 Å². The van der Waals surface area contributed by atoms with E-state index >= 15 is 0 Å². The van der Waals surface area contributed by atoms with Crippen LogP contribution in [0.2, 0.25) is 5.02 Å². The van der Waals surface area contributed by atoms with E-state index in [1.807, 2.05) is 0 Å². The summed E-state index contributed by atoms with van der Waals surface area (Å²) in [6.07, 6.45) is 1.44. The Morgan fingerprint density at radius 1 is 1.06 bits per heavy atom. The lowest BCUT2D eigenvalue weighted by Gasteiger charge is -2.13. The maximum absolute atomic E-state index is 12.6. The monoisotopic (exact) mass is 525 g/mol. The molecule has 34 heavy (non-hydrogen) atoms. The molecular weight excluding hydrogens is 506 g/mol. The summed E-state index contributed by atoms with van der Waals surface area (Å²) in [6, 6.07) is 9.87. The first-order valence-electron chi connectivity index (χ1n) is 10.0. The Balaban J connectivity index is 1.84. The Morgan fingerprint density at radius 2 is 1.76 bits per heavy atom. The maximum Gasteiger partial charge on any atom is 0.339 e. The predicted molar refractivity (Wildman–Crippen MR) is 126 cm³/mol. The van der Waals surface area contributed by atoms with Crippen LogP contribution in [0.25, 0.3) is 6.08 Å². The standard InChI is InChI=1S/C22H20ClNO8S2/c1-3-30-18-11-14(12-19-21(26)24(22(27)33-19)13-20(25)31-4-2)5-10-17(18)32-34(28,29)16-8-6-15(23)7-9-16/h5-12H,3-4,13H2,1-2H3/b19-12-. The number of hydrogen-bond donors (Lipinski definition) is 0. The zero-order valence-electron chi connectivity index (χ0n) is 18.1. The summed E-state index contributed by atoms with van der Waals surface area (Å²) < 4.78 is 40.8. The molecule has 0 aromatic heterocycles. The fourth-order valence-corrected chi connectivity index (χ4v) is 4.75. The lowest BCUT2D eigenvalue weighted by Crippen LogP contribution is -2.34. The molecule has 0 radical (unpaired) electrons. The van der Waals surface area contributed by atoms with Crippen molar-refractivity contribution in [3.05, 3.63) is 58.0 Å². The fraction of sp³-hybridized carbons (Fsp3) is 0.227. The Kier molecular flexibility index (Phi) is 8.24. The fourth-order valence-electron chi connectivity index (χ4n) is 2.84. The molecule has 1 fully saturated rings. The van der Waals surface area contributed by atoms with Gasteiger partial charge in [-0.05, 0) is 73.6 Å². The van der Waals surface area contributed by atoms with Crippen molar-refractivity contribution in [2.45, 2.75) is 18.7 Å². The van der Waals surface area contributed by atoms with Crippen molar-refractivity contribution in [2.75, 3.05) is 19.8 Å². The summed E-state index contributed by atoms with van der Waals surface area (Å²) in [7, 11) is -4.15. The van der Waals surface area contributed by atoms with Crippen molar-refractivity contribution in [1.82, 2.24) is 4.90 Å². The quantitative estimate of drug-likeness (QED) is 0.271. The zero-order valence-corrected chi connectivity index (χ0v) is 20.5. The van der Waals surface area contributed by atoms with Crippen molar-refractivity contribution in [2.24, 2.45) is 0 Å². The number of ether oxygens (including phenoxy) is 2. The molecule has 0 spiro atoms. The molecule has 1 saturated heterocycles. The highest BCUT2D eigenvalue weighted by Crippen LogP contribution is 2.35. The Bertz CT molecular complexity index is 1240. The number of nitrogens with zero attached hydrogens (tertiary/aromatic N) is 1. The van der Waals surface area contributed by atoms with E-state index in [0.717, 1.165) is 4.90 Å². The van der Waals surface area contributed by atoms with Crippen molar-refractivity contribution in [3.63, 3.8) is 0 Å². The molecule has 0 unspecified atom stereocenters. The zero-order chi connectivity index (χ0) is 24.9. The van der Waals surface area contributed by atoms with Crippen molar-refractivity contribution in [3.8, 4) is 11.5 Å². The summed E-state index contributed by atoms with van der Waals surface area (Å²) in [4.78, 5) is 37.2. The van der Waals surface area contributed by atoms with Gasteiger partial charge in [-0.15, -0.1) is 0 Å². The highest BCUT2D eigenvalue weighted by atomic mass is 35.5.